The van der Waals surface area contributed by atoms with Crippen molar-refractivity contribution < 1.29 is 49.3 Å². The van der Waals surface area contributed by atoms with Crippen LogP contribution in [-0.4, -0.2) is 51.9 Å². The third-order valence-corrected chi connectivity index (χ3v) is 7.14. The number of esters is 1. The topological polar surface area (TPSA) is 145 Å². The van der Waals surface area contributed by atoms with Crippen LogP contribution in [0, 0.1) is 9.49 Å². The number of nitrogens with one attached hydrogen (secondary N) is 1. The summed E-state index contributed by atoms with van der Waals surface area (Å²) in [6.45, 7) is 3.56. The molecule has 0 saturated carbocycles. The summed E-state index contributed by atoms with van der Waals surface area (Å²) in [5.74, 6) is -2.54. The summed E-state index contributed by atoms with van der Waals surface area (Å²) in [4.78, 5) is 17.1. The van der Waals surface area contributed by atoms with Gasteiger partial charge in [0.15, 0.2) is 12.7 Å². The van der Waals surface area contributed by atoms with Crippen molar-refractivity contribution in [3.05, 3.63) is 21.8 Å². The minimum atomic E-state index is -4.45. The van der Waals surface area contributed by atoms with E-state index in [1.807, 2.05) is 0 Å². The minimum absolute atomic E-state index is 0.0199. The fourth-order valence-electron chi connectivity index (χ4n) is 2.24. The summed E-state index contributed by atoms with van der Waals surface area (Å²) >= 11 is 1.62. The molecule has 1 aromatic carbocycles. The Balaban J connectivity index is 2.77. The number of alkyl halides is 2. The third-order valence-electron chi connectivity index (χ3n) is 3.80. The van der Waals surface area contributed by atoms with Crippen molar-refractivity contribution in [1.82, 2.24) is 4.89 Å². The largest absolute Gasteiger partial charge is 0.482 e. The van der Waals surface area contributed by atoms with Crippen molar-refractivity contribution in [2.45, 2.75) is 50.7 Å². The van der Waals surface area contributed by atoms with E-state index in [1.54, 1.807) is 29.5 Å². The van der Waals surface area contributed by atoms with Crippen molar-refractivity contribution >= 4 is 48.7 Å². The first-order valence-electron chi connectivity index (χ1n) is 9.23. The van der Waals surface area contributed by atoms with Gasteiger partial charge in [-0.1, -0.05) is 32.1 Å². The smallest absolute Gasteiger partial charge is 0.408 e. The summed E-state index contributed by atoms with van der Waals surface area (Å²) in [5.41, 5.74) is 0. The lowest BCUT2D eigenvalue weighted by Gasteiger charge is -2.28. The maximum atomic E-state index is 14.4. The van der Waals surface area contributed by atoms with Crippen LogP contribution < -0.4 is 9.62 Å². The molecule has 1 atom stereocenters. The molecule has 32 heavy (non-hydrogen) atoms. The summed E-state index contributed by atoms with van der Waals surface area (Å²) in [7, 11) is -8.55. The summed E-state index contributed by atoms with van der Waals surface area (Å²) in [5, 5.41) is 0. The number of ether oxygens (including phenoxy) is 2. The van der Waals surface area contributed by atoms with Crippen LogP contribution in [0.15, 0.2) is 23.1 Å². The number of sulfonamides is 1. The molecule has 0 bridgehead atoms. The van der Waals surface area contributed by atoms with Crippen LogP contribution >= 0.6 is 22.6 Å². The predicted molar refractivity (Wildman–Crippen MR) is 117 cm³/mol. The zero-order valence-corrected chi connectivity index (χ0v) is 21.2. The fraction of sp³-hybridized carbons (Fsp3) is 0.588. The monoisotopic (exact) mass is 615 g/mol. The number of halogens is 3. The molecule has 15 heteroatoms. The van der Waals surface area contributed by atoms with Crippen LogP contribution in [0.25, 0.3) is 0 Å². The van der Waals surface area contributed by atoms with E-state index in [9.17, 15) is 30.4 Å². The van der Waals surface area contributed by atoms with Gasteiger partial charge >= 0.3 is 12.1 Å². The first-order valence-corrected chi connectivity index (χ1v) is 13.4. The van der Waals surface area contributed by atoms with Gasteiger partial charge in [-0.2, -0.15) is 17.2 Å². The predicted octanol–water partition coefficient (Wildman–Crippen LogP) is 2.73. The van der Waals surface area contributed by atoms with E-state index in [1.165, 1.54) is 24.8 Å². The highest BCUT2D eigenvalue weighted by atomic mass is 127. The summed E-state index contributed by atoms with van der Waals surface area (Å²) in [6, 6.07) is 3.41. The van der Waals surface area contributed by atoms with Gasteiger partial charge in [-0.05, 0) is 53.1 Å². The van der Waals surface area contributed by atoms with Crippen LogP contribution in [0.5, 0.6) is 5.75 Å². The van der Waals surface area contributed by atoms with Crippen molar-refractivity contribution in [3.8, 4) is 5.75 Å². The number of carbonyl (C=O) groups is 1. The first kappa shape index (κ1) is 28.9. The Bertz CT molecular complexity index is 1000. The number of unbranched alkanes of at least 4 members (excludes halogenated alkanes) is 1. The Labute approximate surface area is 198 Å². The van der Waals surface area contributed by atoms with Crippen LogP contribution in [0.4, 0.5) is 8.78 Å². The van der Waals surface area contributed by atoms with Gasteiger partial charge in [-0.3, -0.25) is 4.55 Å². The number of hydrogen-bond acceptors (Lipinski definition) is 8. The maximum absolute atomic E-state index is 14.4. The Morgan fingerprint density at radius 3 is 2.38 bits per heavy atom. The van der Waals surface area contributed by atoms with Gasteiger partial charge in [0.1, 0.15) is 10.6 Å². The van der Waals surface area contributed by atoms with Gasteiger partial charge in [0.25, 0.3) is 10.1 Å². The minimum Gasteiger partial charge on any atom is -0.482 e. The quantitative estimate of drug-likeness (QED) is 0.148. The molecule has 0 aliphatic carbocycles. The highest BCUT2D eigenvalue weighted by molar-refractivity contribution is 14.1. The molecule has 0 amide bonds. The molecule has 0 spiro atoms. The molecule has 0 saturated heterocycles. The average molecular weight is 615 g/mol. The van der Waals surface area contributed by atoms with Crippen molar-refractivity contribution in [2.75, 3.05) is 12.4 Å². The molecular weight excluding hydrogens is 591 g/mol. The number of carbonyl (C=O) groups excluding carboxylic acids is 1. The summed E-state index contributed by atoms with van der Waals surface area (Å²) < 4.78 is 93.5. The maximum Gasteiger partial charge on any atom is 0.408 e. The molecule has 0 fully saturated rings. The van der Waals surface area contributed by atoms with E-state index in [4.69, 9.17) is 14.0 Å². The van der Waals surface area contributed by atoms with Crippen molar-refractivity contribution in [2.24, 2.45) is 5.92 Å². The third kappa shape index (κ3) is 9.38. The SMILES string of the molecule is CCCCS(=O)(=O)NOC(F)(F)C(OC(=O)COc1ccc(S(=O)(=O)O)c(I)c1)C(C)C. The van der Waals surface area contributed by atoms with Gasteiger partial charge in [0, 0.05) is 3.57 Å². The second kappa shape index (κ2) is 11.8. The van der Waals surface area contributed by atoms with Crippen LogP contribution in [0.3, 0.4) is 0 Å². The van der Waals surface area contributed by atoms with Gasteiger partial charge in [-0.15, -0.1) is 0 Å². The zero-order valence-electron chi connectivity index (χ0n) is 17.4. The average Bonchev–Trinajstić information content (AvgIpc) is 2.66. The molecule has 0 aliphatic heterocycles. The molecule has 1 unspecified atom stereocenters. The Morgan fingerprint density at radius 1 is 1.25 bits per heavy atom. The molecule has 0 aliphatic rings. The second-order valence-electron chi connectivity index (χ2n) is 6.93. The molecule has 0 aromatic heterocycles. The van der Waals surface area contributed by atoms with Crippen molar-refractivity contribution in [3.63, 3.8) is 0 Å². The molecule has 0 radical (unpaired) electrons. The Hall–Kier alpha value is -1.14. The van der Waals surface area contributed by atoms with Crippen LogP contribution in [0.2, 0.25) is 0 Å². The number of rotatable bonds is 13. The van der Waals surface area contributed by atoms with E-state index in [0.29, 0.717) is 6.42 Å². The molecule has 1 aromatic rings. The van der Waals surface area contributed by atoms with Gasteiger partial charge in [-0.25, -0.2) is 18.0 Å². The molecule has 1 rings (SSSR count). The molecule has 2 N–H and O–H groups in total. The Kier molecular flexibility index (Phi) is 10.7. The van der Waals surface area contributed by atoms with Crippen molar-refractivity contribution in [1.29, 1.82) is 0 Å². The fourth-order valence-corrected chi connectivity index (χ4v) is 5.10. The lowest BCUT2D eigenvalue weighted by molar-refractivity contribution is -0.313. The van der Waals surface area contributed by atoms with E-state index in [0.717, 1.165) is 12.1 Å². The molecule has 184 valence electrons. The molecule has 10 nitrogen and oxygen atoms in total. The second-order valence-corrected chi connectivity index (χ2v) is 11.3. The lowest BCUT2D eigenvalue weighted by Crippen LogP contribution is -2.48. The molecule has 0 heterocycles. The number of hydrogen-bond donors (Lipinski definition) is 2. The van der Waals surface area contributed by atoms with Gasteiger partial charge in [0.05, 0.1) is 5.75 Å². The molecular formula is C17H24F2INO9S2. The van der Waals surface area contributed by atoms with Crippen LogP contribution in [-0.2, 0) is 34.5 Å². The van der Waals surface area contributed by atoms with Crippen LogP contribution in [0.1, 0.15) is 33.6 Å². The van der Waals surface area contributed by atoms with E-state index < -0.39 is 56.6 Å². The van der Waals surface area contributed by atoms with Gasteiger partial charge < -0.3 is 9.47 Å². The van der Waals surface area contributed by atoms with E-state index in [2.05, 4.69) is 4.84 Å². The van der Waals surface area contributed by atoms with E-state index >= 15 is 0 Å². The zero-order chi connectivity index (χ0) is 24.7. The van der Waals surface area contributed by atoms with Gasteiger partial charge in [0.2, 0.25) is 10.0 Å². The highest BCUT2D eigenvalue weighted by Crippen LogP contribution is 2.28. The van der Waals surface area contributed by atoms with E-state index in [-0.39, 0.29) is 20.6 Å². The first-order chi connectivity index (χ1) is 14.6. The number of benzene rings is 1. The Morgan fingerprint density at radius 2 is 1.88 bits per heavy atom. The lowest BCUT2D eigenvalue weighted by atomic mass is 10.1. The standard InChI is InChI=1S/C17H24F2INO9S2/c1-4-5-8-31(23,24)21-30-17(18,19)16(11(2)3)29-15(22)10-28-12-6-7-14(13(20)9-12)32(25,26)27/h6-7,9,11,16,21H,4-5,8,10H2,1-3H3,(H,25,26,27). The highest BCUT2D eigenvalue weighted by Gasteiger charge is 2.47. The normalized spacial score (nSPS) is 13.8. The summed E-state index contributed by atoms with van der Waals surface area (Å²) in [6.07, 6.45) is -5.53.